The highest BCUT2D eigenvalue weighted by Gasteiger charge is 2.77. The van der Waals surface area contributed by atoms with Crippen molar-refractivity contribution in [3.63, 3.8) is 0 Å². The number of halogens is 2. The summed E-state index contributed by atoms with van der Waals surface area (Å²) >= 11 is 13.4. The first kappa shape index (κ1) is 40.0. The van der Waals surface area contributed by atoms with Gasteiger partial charge in [-0.2, -0.15) is 0 Å². The SMILES string of the molecule is CC1(C)CCC2(CC1)N([C@H](c1ccccc1)[C@@H](O)c1ccccc1)[C@@H](C(=O)N[C@@H]1CC[C@@H](C(C)(C)O)OC1)[C@H](c1ccnc(Cl)c1)[C@]21C(=O)Nc2cc(Cl)ccc21. The number of ether oxygens (including phenoxy) is 1. The second-order valence-corrected chi connectivity index (χ2v) is 18.7. The molecule has 7 atom stereocenters. The van der Waals surface area contributed by atoms with Gasteiger partial charge in [-0.3, -0.25) is 14.5 Å². The molecule has 300 valence electrons. The topological polar surface area (TPSA) is 124 Å². The van der Waals surface area contributed by atoms with Crippen LogP contribution in [-0.2, 0) is 19.7 Å². The van der Waals surface area contributed by atoms with Gasteiger partial charge in [0.2, 0.25) is 11.8 Å². The minimum atomic E-state index is -1.34. The molecule has 3 aliphatic heterocycles. The zero-order valence-corrected chi connectivity index (χ0v) is 34.4. The summed E-state index contributed by atoms with van der Waals surface area (Å²) in [7, 11) is 0. The molecule has 9 nitrogen and oxygen atoms in total. The van der Waals surface area contributed by atoms with E-state index in [0.29, 0.717) is 47.5 Å². The number of pyridine rings is 1. The lowest BCUT2D eigenvalue weighted by Gasteiger charge is -2.56. The highest BCUT2D eigenvalue weighted by Crippen LogP contribution is 2.69. The maximum absolute atomic E-state index is 15.8. The molecule has 4 aliphatic rings. The molecular weight excluding hydrogens is 759 g/mol. The van der Waals surface area contributed by atoms with Crippen molar-refractivity contribution in [2.75, 3.05) is 11.9 Å². The number of nitrogens with one attached hydrogen (secondary N) is 2. The van der Waals surface area contributed by atoms with Crippen LogP contribution in [0, 0.1) is 5.41 Å². The number of anilines is 1. The quantitative estimate of drug-likeness (QED) is 0.132. The number of fused-ring (bicyclic) bond motifs is 3. The summed E-state index contributed by atoms with van der Waals surface area (Å²) < 4.78 is 6.17. The molecule has 2 amide bonds. The van der Waals surface area contributed by atoms with E-state index in [4.69, 9.17) is 27.9 Å². The summed E-state index contributed by atoms with van der Waals surface area (Å²) in [6.45, 7) is 8.22. The van der Waals surface area contributed by atoms with Crippen LogP contribution in [-0.4, -0.2) is 67.8 Å². The zero-order chi connectivity index (χ0) is 40.3. The first-order valence-corrected chi connectivity index (χ1v) is 20.9. The zero-order valence-electron chi connectivity index (χ0n) is 32.9. The molecule has 0 radical (unpaired) electrons. The predicted molar refractivity (Wildman–Crippen MR) is 222 cm³/mol. The molecule has 1 saturated carbocycles. The number of amides is 2. The lowest BCUT2D eigenvalue weighted by atomic mass is 9.53. The molecule has 3 fully saturated rings. The van der Waals surface area contributed by atoms with Crippen molar-refractivity contribution >= 4 is 40.7 Å². The minimum Gasteiger partial charge on any atom is -0.388 e. The molecule has 1 aromatic heterocycles. The first-order valence-electron chi connectivity index (χ1n) is 20.1. The smallest absolute Gasteiger partial charge is 0.238 e. The van der Waals surface area contributed by atoms with E-state index in [0.717, 1.165) is 24.0 Å². The fourth-order valence-electron chi connectivity index (χ4n) is 10.7. The van der Waals surface area contributed by atoms with Crippen molar-refractivity contribution < 1.29 is 24.5 Å². The molecule has 4 heterocycles. The molecule has 0 bridgehead atoms. The van der Waals surface area contributed by atoms with E-state index in [1.807, 2.05) is 78.9 Å². The molecule has 2 saturated heterocycles. The molecule has 2 spiro atoms. The van der Waals surface area contributed by atoms with Crippen LogP contribution in [0.3, 0.4) is 0 Å². The Kier molecular flexibility index (Phi) is 10.6. The van der Waals surface area contributed by atoms with Gasteiger partial charge >= 0.3 is 0 Å². The summed E-state index contributed by atoms with van der Waals surface area (Å²) in [6.07, 6.45) is 4.02. The fraction of sp³-hybridized carbons (Fsp3) is 0.457. The Morgan fingerprint density at radius 2 is 1.61 bits per heavy atom. The van der Waals surface area contributed by atoms with Crippen LogP contribution in [0.2, 0.25) is 10.2 Å². The van der Waals surface area contributed by atoms with Gasteiger partial charge in [-0.1, -0.05) is 104 Å². The fourth-order valence-corrected chi connectivity index (χ4v) is 11.0. The number of hydrogen-bond donors (Lipinski definition) is 4. The van der Waals surface area contributed by atoms with Crippen molar-refractivity contribution in [2.45, 2.75) is 119 Å². The number of carbonyl (C=O) groups is 2. The molecule has 3 aromatic carbocycles. The Balaban J connectivity index is 1.41. The van der Waals surface area contributed by atoms with Gasteiger partial charge in [0.05, 0.1) is 42.5 Å². The number of benzene rings is 3. The van der Waals surface area contributed by atoms with Gasteiger partial charge in [-0.05, 0) is 104 Å². The van der Waals surface area contributed by atoms with Gasteiger partial charge in [0.15, 0.2) is 0 Å². The van der Waals surface area contributed by atoms with Crippen LogP contribution >= 0.6 is 23.2 Å². The Labute approximate surface area is 345 Å². The van der Waals surface area contributed by atoms with E-state index >= 15 is 9.59 Å². The molecule has 4 N–H and O–H groups in total. The Bertz CT molecular complexity index is 2110. The summed E-state index contributed by atoms with van der Waals surface area (Å²) in [6, 6.07) is 26.5. The van der Waals surface area contributed by atoms with Crippen LogP contribution in [0.25, 0.3) is 0 Å². The molecule has 57 heavy (non-hydrogen) atoms. The van der Waals surface area contributed by atoms with Gasteiger partial charge in [-0.15, -0.1) is 0 Å². The number of aliphatic hydroxyl groups excluding tert-OH is 1. The highest BCUT2D eigenvalue weighted by atomic mass is 35.5. The number of hydrogen-bond acceptors (Lipinski definition) is 7. The van der Waals surface area contributed by atoms with E-state index in [9.17, 15) is 10.2 Å². The molecule has 11 heteroatoms. The number of rotatable bonds is 8. The summed E-state index contributed by atoms with van der Waals surface area (Å²) in [5.74, 6) is -1.28. The van der Waals surface area contributed by atoms with E-state index in [1.54, 1.807) is 32.2 Å². The first-order chi connectivity index (χ1) is 27.2. The Morgan fingerprint density at radius 1 is 0.947 bits per heavy atom. The minimum absolute atomic E-state index is 0.0391. The monoisotopic (exact) mass is 810 g/mol. The van der Waals surface area contributed by atoms with Crippen molar-refractivity contribution in [1.82, 2.24) is 15.2 Å². The third kappa shape index (κ3) is 6.88. The largest absolute Gasteiger partial charge is 0.388 e. The van der Waals surface area contributed by atoms with E-state index < -0.39 is 40.7 Å². The van der Waals surface area contributed by atoms with Gasteiger partial charge in [-0.25, -0.2) is 4.98 Å². The second kappa shape index (κ2) is 15.1. The summed E-state index contributed by atoms with van der Waals surface area (Å²) in [4.78, 5) is 38.0. The molecule has 1 aliphatic carbocycles. The normalized spacial score (nSPS) is 27.8. The van der Waals surface area contributed by atoms with Crippen molar-refractivity contribution in [1.29, 1.82) is 0 Å². The van der Waals surface area contributed by atoms with Gasteiger partial charge in [0, 0.05) is 28.4 Å². The third-order valence-electron chi connectivity index (χ3n) is 13.4. The van der Waals surface area contributed by atoms with E-state index in [1.165, 1.54) is 0 Å². The van der Waals surface area contributed by atoms with Crippen LogP contribution in [0.15, 0.2) is 97.2 Å². The second-order valence-electron chi connectivity index (χ2n) is 17.9. The van der Waals surface area contributed by atoms with Crippen molar-refractivity contribution in [2.24, 2.45) is 5.41 Å². The maximum Gasteiger partial charge on any atom is 0.238 e. The molecule has 0 unspecified atom stereocenters. The lowest BCUT2D eigenvalue weighted by Crippen LogP contribution is -2.64. The van der Waals surface area contributed by atoms with Crippen LogP contribution < -0.4 is 10.6 Å². The standard InChI is InChI=1S/C46H52Cl2N4O5/c1-43(2)20-22-45(23-21-43)46(33-17-15-31(47)26-34(33)51-42(46)55)37(30-19-24-49-36(48)25-30)39(41(54)50-32-16-18-35(57-27-32)44(3,4)56)52(45)38(28-11-7-5-8-12-28)40(53)29-13-9-6-10-14-29/h5-15,17,19,24-26,32,35,37-40,53,56H,16,18,20-23,27H2,1-4H3,(H,50,54)(H,51,55)/t32-,35+,37+,38-,39-,40+,46-/m1/s1. The number of aliphatic hydroxyl groups is 2. The maximum atomic E-state index is 15.8. The van der Waals surface area contributed by atoms with Gasteiger partial charge in [0.1, 0.15) is 10.6 Å². The van der Waals surface area contributed by atoms with Crippen molar-refractivity contribution in [3.8, 4) is 0 Å². The third-order valence-corrected chi connectivity index (χ3v) is 13.9. The molecular formula is C46H52Cl2N4O5. The lowest BCUT2D eigenvalue weighted by molar-refractivity contribution is -0.140. The molecule has 8 rings (SSSR count). The summed E-state index contributed by atoms with van der Waals surface area (Å²) in [5.41, 5.74) is 0.190. The Morgan fingerprint density at radius 3 is 2.23 bits per heavy atom. The predicted octanol–water partition coefficient (Wildman–Crippen LogP) is 8.29. The van der Waals surface area contributed by atoms with Crippen LogP contribution in [0.4, 0.5) is 5.69 Å². The van der Waals surface area contributed by atoms with Gasteiger partial charge < -0.3 is 25.6 Å². The number of nitrogens with zero attached hydrogens (tertiary/aromatic N) is 2. The average molecular weight is 812 g/mol. The summed E-state index contributed by atoms with van der Waals surface area (Å²) in [5, 5.41) is 31.0. The Hall–Kier alpha value is -3.83. The number of aromatic nitrogens is 1. The highest BCUT2D eigenvalue weighted by molar-refractivity contribution is 6.31. The average Bonchev–Trinajstić information content (AvgIpc) is 3.61. The van der Waals surface area contributed by atoms with Crippen LogP contribution in [0.1, 0.15) is 107 Å². The van der Waals surface area contributed by atoms with E-state index in [-0.39, 0.29) is 41.1 Å². The molecule has 4 aromatic rings. The van der Waals surface area contributed by atoms with Gasteiger partial charge in [0.25, 0.3) is 0 Å². The van der Waals surface area contributed by atoms with Crippen LogP contribution in [0.5, 0.6) is 0 Å². The van der Waals surface area contributed by atoms with Crippen molar-refractivity contribution in [3.05, 3.63) is 130 Å². The number of likely N-dealkylation sites (tertiary alicyclic amines) is 1. The number of carbonyl (C=O) groups excluding carboxylic acids is 2. The van der Waals surface area contributed by atoms with E-state index in [2.05, 4.69) is 34.4 Å².